The van der Waals surface area contributed by atoms with E-state index in [9.17, 15) is 9.59 Å². The molecule has 2 heterocycles. The van der Waals surface area contributed by atoms with Gasteiger partial charge in [-0.2, -0.15) is 5.10 Å². The van der Waals surface area contributed by atoms with Crippen LogP contribution in [0.4, 0.5) is 5.69 Å². The van der Waals surface area contributed by atoms with Crippen molar-refractivity contribution in [3.05, 3.63) is 93.4 Å². The molecular weight excluding hydrogens is 400 g/mol. The van der Waals surface area contributed by atoms with Crippen molar-refractivity contribution in [3.8, 4) is 0 Å². The molecule has 1 atom stereocenters. The summed E-state index contributed by atoms with van der Waals surface area (Å²) in [5.74, 6) is -0.0275. The van der Waals surface area contributed by atoms with Crippen LogP contribution < -0.4 is 15.8 Å². The normalized spacial score (nSPS) is 16.1. The molecule has 1 fully saturated rings. The van der Waals surface area contributed by atoms with Gasteiger partial charge in [0, 0.05) is 25.7 Å². The standard InChI is InChI=1S/C26H30N4O2/c1-19-10-11-22(13-20(19)2)15-27-26(32)23-9-6-12-29(18-23)24-14-25(31)30(28-16-24)17-21-7-4-3-5-8-21/h3-5,7-8,10-11,13-14,16,23H,6,9,12,15,17-18H2,1-2H3,(H,27,32)/t23-/m0/s1. The molecule has 1 aliphatic rings. The molecule has 3 aromatic rings. The van der Waals surface area contributed by atoms with E-state index >= 15 is 0 Å². The summed E-state index contributed by atoms with van der Waals surface area (Å²) in [6.07, 6.45) is 3.50. The lowest BCUT2D eigenvalue weighted by molar-refractivity contribution is -0.125. The number of hydrogen-bond donors (Lipinski definition) is 1. The summed E-state index contributed by atoms with van der Waals surface area (Å²) in [6.45, 7) is 6.58. The molecule has 4 rings (SSSR count). The SMILES string of the molecule is Cc1ccc(CNC(=O)[C@H]2CCCN(c3cnn(Cc4ccccc4)c(=O)c3)C2)cc1C. The fourth-order valence-corrected chi connectivity index (χ4v) is 4.14. The number of nitrogens with one attached hydrogen (secondary N) is 1. The minimum atomic E-state index is -0.132. The van der Waals surface area contributed by atoms with E-state index in [-0.39, 0.29) is 17.4 Å². The van der Waals surface area contributed by atoms with Crippen molar-refractivity contribution in [2.45, 2.75) is 39.8 Å². The number of benzene rings is 2. The Morgan fingerprint density at radius 3 is 2.62 bits per heavy atom. The molecule has 0 unspecified atom stereocenters. The first kappa shape index (κ1) is 21.8. The van der Waals surface area contributed by atoms with Crippen molar-refractivity contribution in [1.82, 2.24) is 15.1 Å². The fourth-order valence-electron chi connectivity index (χ4n) is 4.14. The monoisotopic (exact) mass is 430 g/mol. The van der Waals surface area contributed by atoms with Gasteiger partial charge in [0.2, 0.25) is 5.91 Å². The first-order chi connectivity index (χ1) is 15.5. The molecule has 2 aromatic carbocycles. The first-order valence-corrected chi connectivity index (χ1v) is 11.2. The number of carbonyl (C=O) groups excluding carboxylic acids is 1. The Bertz CT molecular complexity index is 1140. The minimum absolute atomic E-state index is 0.0679. The second-order valence-electron chi connectivity index (χ2n) is 8.62. The smallest absolute Gasteiger partial charge is 0.269 e. The molecule has 1 aliphatic heterocycles. The van der Waals surface area contributed by atoms with Crippen LogP contribution in [0.5, 0.6) is 0 Å². The van der Waals surface area contributed by atoms with E-state index < -0.39 is 0 Å². The summed E-state index contributed by atoms with van der Waals surface area (Å²) in [5.41, 5.74) is 5.28. The van der Waals surface area contributed by atoms with Gasteiger partial charge in [-0.15, -0.1) is 0 Å². The molecule has 0 bridgehead atoms. The van der Waals surface area contributed by atoms with Gasteiger partial charge >= 0.3 is 0 Å². The van der Waals surface area contributed by atoms with E-state index in [0.717, 1.165) is 36.2 Å². The van der Waals surface area contributed by atoms with Gasteiger partial charge in [-0.25, -0.2) is 4.68 Å². The molecule has 0 saturated carbocycles. The topological polar surface area (TPSA) is 67.2 Å². The highest BCUT2D eigenvalue weighted by Gasteiger charge is 2.26. The number of piperidine rings is 1. The lowest BCUT2D eigenvalue weighted by Crippen LogP contribution is -2.43. The third-order valence-electron chi connectivity index (χ3n) is 6.23. The molecule has 1 amide bonds. The highest BCUT2D eigenvalue weighted by Crippen LogP contribution is 2.22. The number of anilines is 1. The largest absolute Gasteiger partial charge is 0.369 e. The summed E-state index contributed by atoms with van der Waals surface area (Å²) in [5, 5.41) is 7.46. The Morgan fingerprint density at radius 1 is 1.06 bits per heavy atom. The van der Waals surface area contributed by atoms with Gasteiger partial charge in [-0.05, 0) is 48.9 Å². The van der Waals surface area contributed by atoms with Crippen molar-refractivity contribution in [2.24, 2.45) is 5.92 Å². The Morgan fingerprint density at radius 2 is 1.88 bits per heavy atom. The van der Waals surface area contributed by atoms with Crippen LogP contribution in [0.1, 0.15) is 35.1 Å². The number of carbonyl (C=O) groups is 1. The predicted molar refractivity (Wildman–Crippen MR) is 127 cm³/mol. The van der Waals surface area contributed by atoms with Crippen LogP contribution in [-0.2, 0) is 17.9 Å². The van der Waals surface area contributed by atoms with Crippen LogP contribution in [0.25, 0.3) is 0 Å². The van der Waals surface area contributed by atoms with Crippen LogP contribution >= 0.6 is 0 Å². The van der Waals surface area contributed by atoms with E-state index in [1.165, 1.54) is 15.8 Å². The van der Waals surface area contributed by atoms with Crippen molar-refractivity contribution >= 4 is 11.6 Å². The van der Waals surface area contributed by atoms with Gasteiger partial charge in [-0.1, -0.05) is 48.5 Å². The van der Waals surface area contributed by atoms with Gasteiger partial charge < -0.3 is 10.2 Å². The average molecular weight is 431 g/mol. The molecule has 0 radical (unpaired) electrons. The summed E-state index contributed by atoms with van der Waals surface area (Å²) >= 11 is 0. The molecule has 1 aromatic heterocycles. The lowest BCUT2D eigenvalue weighted by atomic mass is 9.96. The van der Waals surface area contributed by atoms with Crippen molar-refractivity contribution in [2.75, 3.05) is 18.0 Å². The maximum atomic E-state index is 12.8. The Balaban J connectivity index is 1.37. The van der Waals surface area contributed by atoms with Crippen molar-refractivity contribution < 1.29 is 4.79 Å². The van der Waals surface area contributed by atoms with Crippen molar-refractivity contribution in [1.29, 1.82) is 0 Å². The van der Waals surface area contributed by atoms with Crippen LogP contribution in [0.15, 0.2) is 65.6 Å². The third-order valence-corrected chi connectivity index (χ3v) is 6.23. The number of aromatic nitrogens is 2. The minimum Gasteiger partial charge on any atom is -0.369 e. The molecular formula is C26H30N4O2. The molecule has 0 aliphatic carbocycles. The quantitative estimate of drug-likeness (QED) is 0.651. The molecule has 6 nitrogen and oxygen atoms in total. The summed E-state index contributed by atoms with van der Waals surface area (Å²) < 4.78 is 1.47. The van der Waals surface area contributed by atoms with Crippen LogP contribution in [0.2, 0.25) is 0 Å². The number of hydrogen-bond acceptors (Lipinski definition) is 4. The van der Waals surface area contributed by atoms with E-state index in [2.05, 4.69) is 47.4 Å². The first-order valence-electron chi connectivity index (χ1n) is 11.2. The van der Waals surface area contributed by atoms with Gasteiger partial charge in [0.05, 0.1) is 24.3 Å². The Kier molecular flexibility index (Phi) is 6.69. The number of nitrogens with zero attached hydrogens (tertiary/aromatic N) is 3. The number of rotatable bonds is 6. The van der Waals surface area contributed by atoms with Gasteiger partial charge in [0.25, 0.3) is 5.56 Å². The molecule has 0 spiro atoms. The van der Waals surface area contributed by atoms with E-state index in [1.807, 2.05) is 30.3 Å². The third kappa shape index (κ3) is 5.25. The Labute approximate surface area is 188 Å². The number of aryl methyl sites for hydroxylation is 2. The zero-order valence-electron chi connectivity index (χ0n) is 18.8. The van der Waals surface area contributed by atoms with Gasteiger partial charge in [-0.3, -0.25) is 9.59 Å². The summed E-state index contributed by atoms with van der Waals surface area (Å²) in [7, 11) is 0. The summed E-state index contributed by atoms with van der Waals surface area (Å²) in [6, 6.07) is 17.7. The highest BCUT2D eigenvalue weighted by atomic mass is 16.2. The molecule has 166 valence electrons. The molecule has 1 saturated heterocycles. The highest BCUT2D eigenvalue weighted by molar-refractivity contribution is 5.79. The second kappa shape index (κ2) is 9.81. The number of amides is 1. The zero-order valence-corrected chi connectivity index (χ0v) is 18.8. The average Bonchev–Trinajstić information content (AvgIpc) is 2.81. The van der Waals surface area contributed by atoms with Gasteiger partial charge in [0.15, 0.2) is 0 Å². The maximum Gasteiger partial charge on any atom is 0.269 e. The van der Waals surface area contributed by atoms with Crippen LogP contribution in [0.3, 0.4) is 0 Å². The maximum absolute atomic E-state index is 12.8. The fraction of sp³-hybridized carbons (Fsp3) is 0.346. The van der Waals surface area contributed by atoms with Crippen LogP contribution in [0, 0.1) is 19.8 Å². The lowest BCUT2D eigenvalue weighted by Gasteiger charge is -2.33. The summed E-state index contributed by atoms with van der Waals surface area (Å²) in [4.78, 5) is 27.5. The second-order valence-corrected chi connectivity index (χ2v) is 8.62. The van der Waals surface area contributed by atoms with E-state index in [4.69, 9.17) is 0 Å². The Hall–Kier alpha value is -3.41. The van der Waals surface area contributed by atoms with E-state index in [1.54, 1.807) is 12.3 Å². The van der Waals surface area contributed by atoms with Crippen LogP contribution in [-0.4, -0.2) is 28.8 Å². The molecule has 6 heteroatoms. The predicted octanol–water partition coefficient (Wildman–Crippen LogP) is 3.44. The van der Waals surface area contributed by atoms with E-state index in [0.29, 0.717) is 19.6 Å². The zero-order chi connectivity index (χ0) is 22.5. The van der Waals surface area contributed by atoms with Gasteiger partial charge in [0.1, 0.15) is 0 Å². The molecule has 32 heavy (non-hydrogen) atoms. The van der Waals surface area contributed by atoms with Crippen molar-refractivity contribution in [3.63, 3.8) is 0 Å². The molecule has 1 N–H and O–H groups in total.